The second kappa shape index (κ2) is 5.84. The van der Waals surface area contributed by atoms with Crippen LogP contribution in [0.2, 0.25) is 0 Å². The smallest absolute Gasteiger partial charge is 0.160 e. The van der Waals surface area contributed by atoms with Gasteiger partial charge in [0.15, 0.2) is 11.5 Å². The van der Waals surface area contributed by atoms with E-state index in [1.165, 1.54) is 0 Å². The molecule has 0 aliphatic rings. The molecule has 2 rings (SSSR count). The molecule has 0 saturated heterocycles. The zero-order valence-corrected chi connectivity index (χ0v) is 11.2. The van der Waals surface area contributed by atoms with Gasteiger partial charge in [0.2, 0.25) is 0 Å². The first-order chi connectivity index (χ1) is 8.70. The second-order valence-electron chi connectivity index (χ2n) is 4.01. The average Bonchev–Trinajstić information content (AvgIpc) is 2.89. The molecule has 0 radical (unpaired) electrons. The van der Waals surface area contributed by atoms with Gasteiger partial charge in [-0.05, 0) is 24.6 Å². The van der Waals surface area contributed by atoms with Gasteiger partial charge in [-0.3, -0.25) is 0 Å². The van der Waals surface area contributed by atoms with Crippen LogP contribution in [0.15, 0.2) is 29.1 Å². The van der Waals surface area contributed by atoms with Crippen molar-refractivity contribution in [2.24, 2.45) is 0 Å². The van der Waals surface area contributed by atoms with Crippen molar-refractivity contribution in [2.75, 3.05) is 7.11 Å². The molecule has 2 N–H and O–H groups in total. The monoisotopic (exact) mass is 264 g/mol. The Morgan fingerprint density at radius 1 is 1.50 bits per heavy atom. The molecule has 0 aliphatic carbocycles. The van der Waals surface area contributed by atoms with Crippen molar-refractivity contribution < 1.29 is 9.84 Å². The van der Waals surface area contributed by atoms with Crippen LogP contribution in [0.25, 0.3) is 0 Å². The van der Waals surface area contributed by atoms with Gasteiger partial charge < -0.3 is 15.2 Å². The molecule has 1 aromatic carbocycles. The molecule has 18 heavy (non-hydrogen) atoms. The highest BCUT2D eigenvalue weighted by molar-refractivity contribution is 7.07. The second-order valence-corrected chi connectivity index (χ2v) is 4.73. The molecule has 96 valence electrons. The number of benzene rings is 1. The first kappa shape index (κ1) is 12.9. The van der Waals surface area contributed by atoms with Crippen molar-refractivity contribution in [1.29, 1.82) is 0 Å². The molecule has 1 aromatic heterocycles. The molecule has 0 saturated carbocycles. The van der Waals surface area contributed by atoms with E-state index in [9.17, 15) is 5.11 Å². The van der Waals surface area contributed by atoms with Crippen LogP contribution in [0.5, 0.6) is 11.5 Å². The van der Waals surface area contributed by atoms with Gasteiger partial charge in [-0.2, -0.15) is 0 Å². The summed E-state index contributed by atoms with van der Waals surface area (Å²) in [4.78, 5) is 4.22. The fraction of sp³-hybridized carbons (Fsp3) is 0.308. The maximum Gasteiger partial charge on any atom is 0.160 e. The molecule has 0 spiro atoms. The van der Waals surface area contributed by atoms with Gasteiger partial charge in [-0.25, -0.2) is 4.98 Å². The zero-order chi connectivity index (χ0) is 13.0. The molecule has 0 bridgehead atoms. The topological polar surface area (TPSA) is 54.4 Å². The van der Waals surface area contributed by atoms with Crippen LogP contribution in [-0.4, -0.2) is 17.2 Å². The number of hydrogen-bond donors (Lipinski definition) is 2. The first-order valence-corrected chi connectivity index (χ1v) is 6.62. The van der Waals surface area contributed by atoms with Gasteiger partial charge in [-0.1, -0.05) is 6.07 Å². The van der Waals surface area contributed by atoms with E-state index in [0.717, 1.165) is 17.8 Å². The average molecular weight is 264 g/mol. The van der Waals surface area contributed by atoms with E-state index in [0.29, 0.717) is 5.75 Å². The summed E-state index contributed by atoms with van der Waals surface area (Å²) >= 11 is 1.59. The number of hydrogen-bond acceptors (Lipinski definition) is 5. The summed E-state index contributed by atoms with van der Waals surface area (Å²) < 4.78 is 5.10. The Bertz CT molecular complexity index is 500. The number of nitrogens with zero attached hydrogens (tertiary/aromatic N) is 1. The Morgan fingerprint density at radius 2 is 2.33 bits per heavy atom. The first-order valence-electron chi connectivity index (χ1n) is 5.68. The van der Waals surface area contributed by atoms with Crippen LogP contribution in [0.1, 0.15) is 24.2 Å². The highest BCUT2D eigenvalue weighted by Crippen LogP contribution is 2.28. The van der Waals surface area contributed by atoms with Crippen LogP contribution in [0.3, 0.4) is 0 Å². The van der Waals surface area contributed by atoms with E-state index in [-0.39, 0.29) is 11.8 Å². The summed E-state index contributed by atoms with van der Waals surface area (Å²) in [6, 6.07) is 5.54. The number of rotatable bonds is 5. The van der Waals surface area contributed by atoms with Gasteiger partial charge in [0.25, 0.3) is 0 Å². The number of methoxy groups -OCH3 is 1. The number of nitrogens with one attached hydrogen (secondary N) is 1. The fourth-order valence-corrected chi connectivity index (χ4v) is 2.22. The zero-order valence-electron chi connectivity index (χ0n) is 10.4. The fourth-order valence-electron chi connectivity index (χ4n) is 1.66. The Morgan fingerprint density at radius 3 is 3.00 bits per heavy atom. The predicted molar refractivity (Wildman–Crippen MR) is 72.0 cm³/mol. The molecule has 4 nitrogen and oxygen atoms in total. The van der Waals surface area contributed by atoms with Gasteiger partial charge in [0.1, 0.15) is 0 Å². The molecule has 1 heterocycles. The third-order valence-electron chi connectivity index (χ3n) is 2.78. The number of phenols is 1. The summed E-state index contributed by atoms with van der Waals surface area (Å²) in [5, 5.41) is 14.9. The summed E-state index contributed by atoms with van der Waals surface area (Å²) in [5.74, 6) is 0.655. The number of aromatic nitrogens is 1. The molecule has 0 aliphatic heterocycles. The number of phenolic OH excluding ortho intramolecular Hbond substituents is 1. The SMILES string of the molecule is COc1cc(C(C)NCc2cscn2)ccc1O. The third kappa shape index (κ3) is 3.00. The standard InChI is InChI=1S/C13H16N2O2S/c1-9(14-6-11-7-18-8-15-11)10-3-4-12(16)13(5-10)17-2/h3-5,7-9,14,16H,6H2,1-2H3. The maximum absolute atomic E-state index is 9.54. The van der Waals surface area contributed by atoms with E-state index >= 15 is 0 Å². The van der Waals surface area contributed by atoms with Crippen molar-refractivity contribution in [3.05, 3.63) is 40.3 Å². The molecule has 5 heteroatoms. The van der Waals surface area contributed by atoms with Crippen molar-refractivity contribution in [2.45, 2.75) is 19.5 Å². The minimum Gasteiger partial charge on any atom is -0.504 e. The minimum atomic E-state index is 0.160. The highest BCUT2D eigenvalue weighted by atomic mass is 32.1. The van der Waals surface area contributed by atoms with E-state index < -0.39 is 0 Å². The molecule has 0 fully saturated rings. The van der Waals surface area contributed by atoms with Crippen molar-refractivity contribution >= 4 is 11.3 Å². The van der Waals surface area contributed by atoms with Gasteiger partial charge in [0.05, 0.1) is 18.3 Å². The lowest BCUT2D eigenvalue weighted by Crippen LogP contribution is -2.18. The lowest BCUT2D eigenvalue weighted by molar-refractivity contribution is 0.372. The Balaban J connectivity index is 2.02. The van der Waals surface area contributed by atoms with E-state index in [2.05, 4.69) is 17.2 Å². The molecule has 2 aromatic rings. The summed E-state index contributed by atoms with van der Waals surface area (Å²) in [6.07, 6.45) is 0. The van der Waals surface area contributed by atoms with Crippen LogP contribution in [-0.2, 0) is 6.54 Å². The van der Waals surface area contributed by atoms with Crippen LogP contribution >= 0.6 is 11.3 Å². The normalized spacial score (nSPS) is 12.3. The summed E-state index contributed by atoms with van der Waals surface area (Å²) in [6.45, 7) is 2.80. The number of ether oxygens (including phenoxy) is 1. The summed E-state index contributed by atoms with van der Waals surface area (Å²) in [7, 11) is 1.55. The maximum atomic E-state index is 9.54. The van der Waals surface area contributed by atoms with Crippen LogP contribution in [0.4, 0.5) is 0 Å². The van der Waals surface area contributed by atoms with Crippen LogP contribution < -0.4 is 10.1 Å². The lowest BCUT2D eigenvalue weighted by atomic mass is 10.1. The lowest BCUT2D eigenvalue weighted by Gasteiger charge is -2.15. The van der Waals surface area contributed by atoms with Crippen LogP contribution in [0, 0.1) is 0 Å². The van der Waals surface area contributed by atoms with Crippen molar-refractivity contribution in [3.8, 4) is 11.5 Å². The molecule has 1 atom stereocenters. The number of thiazole rings is 1. The number of aromatic hydroxyl groups is 1. The van der Waals surface area contributed by atoms with E-state index in [1.54, 1.807) is 24.5 Å². The largest absolute Gasteiger partial charge is 0.504 e. The van der Waals surface area contributed by atoms with E-state index in [1.807, 2.05) is 23.0 Å². The van der Waals surface area contributed by atoms with E-state index in [4.69, 9.17) is 4.74 Å². The Kier molecular flexibility index (Phi) is 4.17. The van der Waals surface area contributed by atoms with Gasteiger partial charge in [-0.15, -0.1) is 11.3 Å². The highest BCUT2D eigenvalue weighted by Gasteiger charge is 2.09. The summed E-state index contributed by atoms with van der Waals surface area (Å²) in [5.41, 5.74) is 3.93. The quantitative estimate of drug-likeness (QED) is 0.872. The van der Waals surface area contributed by atoms with Crippen molar-refractivity contribution in [3.63, 3.8) is 0 Å². The van der Waals surface area contributed by atoms with Gasteiger partial charge >= 0.3 is 0 Å². The molecular weight excluding hydrogens is 248 g/mol. The molecule has 1 unspecified atom stereocenters. The van der Waals surface area contributed by atoms with Crippen molar-refractivity contribution in [1.82, 2.24) is 10.3 Å². The molecular formula is C13H16N2O2S. The molecule has 0 amide bonds. The van der Waals surface area contributed by atoms with Gasteiger partial charge in [0, 0.05) is 18.0 Å². The Labute approximate surface area is 110 Å². The Hall–Kier alpha value is -1.59. The predicted octanol–water partition coefficient (Wildman–Crippen LogP) is 2.71. The third-order valence-corrected chi connectivity index (χ3v) is 3.41. The minimum absolute atomic E-state index is 0.160.